The van der Waals surface area contributed by atoms with E-state index in [2.05, 4.69) is 18.2 Å². The first kappa shape index (κ1) is 17.5. The van der Waals surface area contributed by atoms with Crippen molar-refractivity contribution in [3.05, 3.63) is 84.9 Å². The number of rotatable bonds is 3. The van der Waals surface area contributed by atoms with Crippen LogP contribution in [0.5, 0.6) is 0 Å². The Morgan fingerprint density at radius 3 is 1.96 bits per heavy atom. The van der Waals surface area contributed by atoms with E-state index in [0.717, 1.165) is 26.8 Å². The van der Waals surface area contributed by atoms with Crippen LogP contribution in [0.4, 0.5) is 0 Å². The number of fused-ring (bicyclic) bond motifs is 3. The molecule has 0 bridgehead atoms. The maximum Gasteiger partial charge on any atom is 0.261 e. The van der Waals surface area contributed by atoms with Crippen LogP contribution in [-0.2, 0) is 9.09 Å². The predicted octanol–water partition coefficient (Wildman–Crippen LogP) is 3.68. The molecule has 4 rings (SSSR count). The van der Waals surface area contributed by atoms with E-state index in [0.29, 0.717) is 5.30 Å². The van der Waals surface area contributed by atoms with Gasteiger partial charge in [0.05, 0.1) is 8.41 Å². The van der Waals surface area contributed by atoms with Crippen molar-refractivity contribution in [3.63, 3.8) is 0 Å². The molecule has 0 radical (unpaired) electrons. The predicted molar refractivity (Wildman–Crippen MR) is 112 cm³/mol. The highest BCUT2D eigenvalue weighted by Crippen LogP contribution is 2.46. The summed E-state index contributed by atoms with van der Waals surface area (Å²) in [5, 5.41) is 5.77. The van der Waals surface area contributed by atoms with Crippen LogP contribution in [0, 0.1) is 0 Å². The van der Waals surface area contributed by atoms with Gasteiger partial charge in [-0.3, -0.25) is 4.57 Å². The average molecular weight is 346 g/mol. The van der Waals surface area contributed by atoms with Crippen molar-refractivity contribution < 1.29 is 9.09 Å². The van der Waals surface area contributed by atoms with Gasteiger partial charge < -0.3 is 4.52 Å². The standard InChI is InChI=1S/C21H17O2P.BH3/c1-23-24(22,17-10-3-2-4-11-17)21-15-16-9-5-6-12-18(16)19-13-7-8-14-20(19)21;/h2-15H,1H3;1H3. The summed E-state index contributed by atoms with van der Waals surface area (Å²) in [5.74, 6) is 0. The third kappa shape index (κ3) is 2.80. The molecule has 25 heavy (non-hydrogen) atoms. The fourth-order valence-electron chi connectivity index (χ4n) is 3.25. The topological polar surface area (TPSA) is 26.3 Å². The molecule has 0 aliphatic rings. The zero-order chi connectivity index (χ0) is 16.6. The molecule has 4 aromatic rings. The molecule has 1 unspecified atom stereocenters. The lowest BCUT2D eigenvalue weighted by molar-refractivity contribution is 0.412. The van der Waals surface area contributed by atoms with Crippen molar-refractivity contribution in [1.82, 2.24) is 0 Å². The van der Waals surface area contributed by atoms with Gasteiger partial charge in [-0.2, -0.15) is 0 Å². The van der Waals surface area contributed by atoms with E-state index in [9.17, 15) is 4.57 Å². The highest BCUT2D eigenvalue weighted by atomic mass is 31.2. The van der Waals surface area contributed by atoms with Gasteiger partial charge in [0.1, 0.15) is 0 Å². The Bertz CT molecular complexity index is 1080. The monoisotopic (exact) mass is 346 g/mol. The fraction of sp³-hybridized carbons (Fsp3) is 0.0476. The van der Waals surface area contributed by atoms with Crippen molar-refractivity contribution in [3.8, 4) is 0 Å². The SMILES string of the molecule is B.COP(=O)(c1ccccc1)c1cc2ccccc2c2ccccc12. The van der Waals surface area contributed by atoms with Crippen molar-refractivity contribution in [2.45, 2.75) is 0 Å². The van der Waals surface area contributed by atoms with Crippen molar-refractivity contribution in [1.29, 1.82) is 0 Å². The van der Waals surface area contributed by atoms with Gasteiger partial charge in [0.15, 0.2) is 0 Å². The van der Waals surface area contributed by atoms with Crippen LogP contribution >= 0.6 is 7.37 Å². The van der Waals surface area contributed by atoms with E-state index in [1.807, 2.05) is 66.7 Å². The molecule has 0 saturated carbocycles. The minimum atomic E-state index is -3.15. The molecule has 0 spiro atoms. The van der Waals surface area contributed by atoms with Crippen molar-refractivity contribution >= 4 is 47.9 Å². The number of hydrogen-bond donors (Lipinski definition) is 0. The Morgan fingerprint density at radius 2 is 1.28 bits per heavy atom. The third-order valence-corrected chi connectivity index (χ3v) is 6.91. The van der Waals surface area contributed by atoms with Gasteiger partial charge in [0.2, 0.25) is 0 Å². The highest BCUT2D eigenvalue weighted by molar-refractivity contribution is 7.74. The molecule has 2 nitrogen and oxygen atoms in total. The Balaban J connectivity index is 0.00000182. The van der Waals surface area contributed by atoms with Gasteiger partial charge in [-0.05, 0) is 39.7 Å². The van der Waals surface area contributed by atoms with E-state index in [4.69, 9.17) is 4.52 Å². The summed E-state index contributed by atoms with van der Waals surface area (Å²) in [4.78, 5) is 0. The highest BCUT2D eigenvalue weighted by Gasteiger charge is 2.29. The van der Waals surface area contributed by atoms with E-state index < -0.39 is 7.37 Å². The van der Waals surface area contributed by atoms with Crippen molar-refractivity contribution in [2.75, 3.05) is 7.11 Å². The van der Waals surface area contributed by atoms with Gasteiger partial charge in [0.25, 0.3) is 7.37 Å². The summed E-state index contributed by atoms with van der Waals surface area (Å²) in [6, 6.07) is 27.7. The zero-order valence-electron chi connectivity index (χ0n) is 13.3. The van der Waals surface area contributed by atoms with Gasteiger partial charge in [-0.25, -0.2) is 0 Å². The van der Waals surface area contributed by atoms with E-state index in [1.54, 1.807) is 0 Å². The molecule has 0 saturated heterocycles. The maximum atomic E-state index is 13.8. The minimum Gasteiger partial charge on any atom is -0.325 e. The second-order valence-corrected chi connectivity index (χ2v) is 8.20. The van der Waals surface area contributed by atoms with Gasteiger partial charge in [-0.15, -0.1) is 0 Å². The molecule has 0 aliphatic heterocycles. The molecule has 0 fully saturated rings. The molecule has 124 valence electrons. The van der Waals surface area contributed by atoms with Crippen LogP contribution in [-0.4, -0.2) is 15.5 Å². The molecule has 0 N–H and O–H groups in total. The van der Waals surface area contributed by atoms with E-state index in [-0.39, 0.29) is 8.41 Å². The quantitative estimate of drug-likeness (QED) is 0.321. The average Bonchev–Trinajstić information content (AvgIpc) is 2.67. The zero-order valence-corrected chi connectivity index (χ0v) is 14.2. The Morgan fingerprint density at radius 1 is 0.720 bits per heavy atom. The molecule has 0 aliphatic carbocycles. The summed E-state index contributed by atoms with van der Waals surface area (Å²) in [6.07, 6.45) is 0. The molecule has 4 heteroatoms. The molecular formula is C21H20BO2P. The maximum absolute atomic E-state index is 13.8. The van der Waals surface area contributed by atoms with Crippen LogP contribution in [0.1, 0.15) is 0 Å². The molecule has 0 aromatic heterocycles. The Labute approximate surface area is 149 Å². The van der Waals surface area contributed by atoms with Crippen LogP contribution in [0.15, 0.2) is 84.9 Å². The van der Waals surface area contributed by atoms with Gasteiger partial charge in [-0.1, -0.05) is 66.7 Å². The van der Waals surface area contributed by atoms with Crippen LogP contribution < -0.4 is 10.6 Å². The second kappa shape index (κ2) is 6.88. The number of hydrogen-bond acceptors (Lipinski definition) is 2. The molecule has 0 heterocycles. The first-order valence-electron chi connectivity index (χ1n) is 7.86. The summed E-state index contributed by atoms with van der Waals surface area (Å²) in [5.41, 5.74) is 0. The summed E-state index contributed by atoms with van der Waals surface area (Å²) < 4.78 is 19.4. The van der Waals surface area contributed by atoms with Crippen molar-refractivity contribution in [2.24, 2.45) is 0 Å². The molecule has 0 amide bonds. The number of benzene rings is 4. The molecule has 4 aromatic carbocycles. The van der Waals surface area contributed by atoms with Crippen LogP contribution in [0.25, 0.3) is 21.5 Å². The summed E-state index contributed by atoms with van der Waals surface area (Å²) in [7, 11) is -1.63. The van der Waals surface area contributed by atoms with Gasteiger partial charge >= 0.3 is 0 Å². The summed E-state index contributed by atoms with van der Waals surface area (Å²) >= 11 is 0. The molecule has 1 atom stereocenters. The minimum absolute atomic E-state index is 0. The first-order valence-corrected chi connectivity index (χ1v) is 9.49. The van der Waals surface area contributed by atoms with Crippen LogP contribution in [0.3, 0.4) is 0 Å². The molecular weight excluding hydrogens is 326 g/mol. The smallest absolute Gasteiger partial charge is 0.261 e. The largest absolute Gasteiger partial charge is 0.325 e. The lowest BCUT2D eigenvalue weighted by Gasteiger charge is -2.20. The van der Waals surface area contributed by atoms with E-state index >= 15 is 0 Å². The third-order valence-electron chi connectivity index (χ3n) is 4.42. The summed E-state index contributed by atoms with van der Waals surface area (Å²) in [6.45, 7) is 0. The Hall–Kier alpha value is -2.35. The second-order valence-electron chi connectivity index (χ2n) is 5.73. The fourth-order valence-corrected chi connectivity index (χ4v) is 5.32. The van der Waals surface area contributed by atoms with Crippen LogP contribution in [0.2, 0.25) is 0 Å². The van der Waals surface area contributed by atoms with E-state index in [1.165, 1.54) is 7.11 Å². The first-order chi connectivity index (χ1) is 11.7. The lowest BCUT2D eigenvalue weighted by Crippen LogP contribution is -2.18. The Kier molecular flexibility index (Phi) is 4.81. The normalized spacial score (nSPS) is 13.3. The van der Waals surface area contributed by atoms with Gasteiger partial charge in [0, 0.05) is 17.7 Å². The lowest BCUT2D eigenvalue weighted by atomic mass is 10.0.